The standard InChI is InChI=1S/C55H44N4/c1-8-13-23-44(36(9-2)35-56-12-5)38-29-27-37(28-30-38)42(10-3)48-33-40-22-19-25-47(51(40)43(48)11-4)54-58-52(39-20-15-14-16-21-39)57-53(59-54)41-31-32-46-45-24-17-18-26-49(45)55(6,7)50(46)34-41/h2,4,8,10,12-32,34-35H,33H2,1,3,5-7H3/b13-8-,36-35+,42-10-,44-23+,56-12?. The van der Waals surface area contributed by atoms with Crippen LogP contribution in [-0.4, -0.2) is 21.2 Å². The Bertz CT molecular complexity index is 2900. The van der Waals surface area contributed by atoms with Gasteiger partial charge in [0.2, 0.25) is 0 Å². The molecular weight excluding hydrogens is 717 g/mol. The molecule has 4 heteroatoms. The van der Waals surface area contributed by atoms with Crippen molar-refractivity contribution in [3.8, 4) is 70.0 Å². The molecule has 0 amide bonds. The van der Waals surface area contributed by atoms with Crippen LogP contribution >= 0.6 is 0 Å². The van der Waals surface area contributed by atoms with Gasteiger partial charge >= 0.3 is 0 Å². The van der Waals surface area contributed by atoms with Crippen molar-refractivity contribution in [2.75, 3.05) is 0 Å². The highest BCUT2D eigenvalue weighted by Gasteiger charge is 2.35. The lowest BCUT2D eigenvalue weighted by Gasteiger charge is -2.21. The second kappa shape index (κ2) is 16.2. The van der Waals surface area contributed by atoms with Gasteiger partial charge in [-0.25, -0.2) is 15.0 Å². The zero-order chi connectivity index (χ0) is 41.1. The first-order chi connectivity index (χ1) is 28.8. The third-order valence-electron chi connectivity index (χ3n) is 11.3. The van der Waals surface area contributed by atoms with Gasteiger partial charge in [-0.05, 0) is 88.9 Å². The number of nitrogens with zero attached hydrogens (tertiary/aromatic N) is 4. The lowest BCUT2D eigenvalue weighted by molar-refractivity contribution is 0.660. The highest BCUT2D eigenvalue weighted by molar-refractivity contribution is 6.02. The minimum atomic E-state index is -0.162. The summed E-state index contributed by atoms with van der Waals surface area (Å²) in [5.74, 6) is 7.73. The van der Waals surface area contributed by atoms with Gasteiger partial charge in [0.25, 0.3) is 0 Å². The maximum atomic E-state index is 6.47. The molecule has 1 heterocycles. The summed E-state index contributed by atoms with van der Waals surface area (Å²) in [5.41, 5.74) is 16.5. The Morgan fingerprint density at radius 1 is 0.695 bits per heavy atom. The molecule has 0 saturated carbocycles. The van der Waals surface area contributed by atoms with Crippen molar-refractivity contribution in [2.24, 2.45) is 4.99 Å². The topological polar surface area (TPSA) is 51.0 Å². The summed E-state index contributed by atoms with van der Waals surface area (Å²) in [6, 6.07) is 40.2. The van der Waals surface area contributed by atoms with Crippen LogP contribution in [0.1, 0.15) is 68.0 Å². The Labute approximate surface area is 348 Å². The zero-order valence-electron chi connectivity index (χ0n) is 34.1. The van der Waals surface area contributed by atoms with Crippen LogP contribution in [0.2, 0.25) is 0 Å². The van der Waals surface area contributed by atoms with Crippen molar-refractivity contribution in [1.29, 1.82) is 0 Å². The fourth-order valence-corrected chi connectivity index (χ4v) is 8.45. The number of fused-ring (bicyclic) bond motifs is 4. The number of rotatable bonds is 9. The number of allylic oxidation sites excluding steroid dienone is 9. The quantitative estimate of drug-likeness (QED) is 0.0838. The molecule has 0 aliphatic heterocycles. The van der Waals surface area contributed by atoms with Gasteiger partial charge in [-0.3, -0.25) is 4.99 Å². The van der Waals surface area contributed by atoms with E-state index in [1.807, 2.05) is 62.4 Å². The number of hydrogen-bond acceptors (Lipinski definition) is 4. The monoisotopic (exact) mass is 760 g/mol. The average Bonchev–Trinajstić information content (AvgIpc) is 3.76. The number of hydrogen-bond donors (Lipinski definition) is 0. The highest BCUT2D eigenvalue weighted by atomic mass is 15.0. The highest BCUT2D eigenvalue weighted by Crippen LogP contribution is 2.50. The molecule has 0 unspecified atom stereocenters. The number of benzene rings is 5. The van der Waals surface area contributed by atoms with E-state index in [-0.39, 0.29) is 5.41 Å². The summed E-state index contributed by atoms with van der Waals surface area (Å²) in [6.45, 7) is 10.5. The number of aromatic nitrogens is 3. The van der Waals surface area contributed by atoms with E-state index in [2.05, 4.69) is 129 Å². The Balaban J connectivity index is 1.23. The van der Waals surface area contributed by atoms with Crippen LogP contribution in [0.3, 0.4) is 0 Å². The maximum absolute atomic E-state index is 6.47. The van der Waals surface area contributed by atoms with Gasteiger partial charge in [0.15, 0.2) is 17.5 Å². The molecule has 0 bridgehead atoms. The van der Waals surface area contributed by atoms with E-state index < -0.39 is 0 Å². The van der Waals surface area contributed by atoms with Gasteiger partial charge in [0.1, 0.15) is 0 Å². The molecule has 0 radical (unpaired) electrons. The van der Waals surface area contributed by atoms with Gasteiger partial charge in [0.05, 0.1) is 5.57 Å². The maximum Gasteiger partial charge on any atom is 0.164 e. The summed E-state index contributed by atoms with van der Waals surface area (Å²) >= 11 is 0. The molecule has 0 atom stereocenters. The van der Waals surface area contributed by atoms with E-state index in [4.69, 9.17) is 27.8 Å². The number of terminal acetylenes is 2. The van der Waals surface area contributed by atoms with Crippen LogP contribution in [-0.2, 0) is 11.8 Å². The van der Waals surface area contributed by atoms with Gasteiger partial charge in [0, 0.05) is 45.7 Å². The molecule has 0 spiro atoms. The van der Waals surface area contributed by atoms with Crippen LogP contribution in [0.15, 0.2) is 162 Å². The molecule has 0 saturated heterocycles. The summed E-state index contributed by atoms with van der Waals surface area (Å²) in [6.07, 6.45) is 24.7. The van der Waals surface area contributed by atoms with Crippen LogP contribution < -0.4 is 0 Å². The van der Waals surface area contributed by atoms with E-state index in [0.717, 1.165) is 61.2 Å². The molecule has 5 aromatic carbocycles. The van der Waals surface area contributed by atoms with E-state index in [1.54, 1.807) is 12.4 Å². The van der Waals surface area contributed by atoms with Crippen LogP contribution in [0.5, 0.6) is 0 Å². The van der Waals surface area contributed by atoms with Crippen LogP contribution in [0.4, 0.5) is 0 Å². The van der Waals surface area contributed by atoms with Gasteiger partial charge in [-0.2, -0.15) is 0 Å². The van der Waals surface area contributed by atoms with Crippen molar-refractivity contribution in [3.05, 3.63) is 190 Å². The van der Waals surface area contributed by atoms with Crippen molar-refractivity contribution in [3.63, 3.8) is 0 Å². The second-order valence-corrected chi connectivity index (χ2v) is 15.1. The van der Waals surface area contributed by atoms with Crippen molar-refractivity contribution in [2.45, 2.75) is 46.5 Å². The first kappa shape index (κ1) is 38.5. The van der Waals surface area contributed by atoms with Crippen molar-refractivity contribution < 1.29 is 0 Å². The van der Waals surface area contributed by atoms with Gasteiger partial charge < -0.3 is 0 Å². The first-order valence-electron chi connectivity index (χ1n) is 19.9. The molecule has 59 heavy (non-hydrogen) atoms. The Hall–Kier alpha value is -7.40. The smallest absolute Gasteiger partial charge is 0.164 e. The summed E-state index contributed by atoms with van der Waals surface area (Å²) in [4.78, 5) is 19.8. The summed E-state index contributed by atoms with van der Waals surface area (Å²) in [7, 11) is 0. The molecule has 0 N–H and O–H groups in total. The van der Waals surface area contributed by atoms with Gasteiger partial charge in [-0.1, -0.05) is 159 Å². The zero-order valence-corrected chi connectivity index (χ0v) is 34.1. The predicted octanol–water partition coefficient (Wildman–Crippen LogP) is 12.8. The third kappa shape index (κ3) is 7.01. The molecule has 284 valence electrons. The van der Waals surface area contributed by atoms with E-state index in [1.165, 1.54) is 22.3 Å². The van der Waals surface area contributed by atoms with Gasteiger partial charge in [-0.15, -0.1) is 12.8 Å². The van der Waals surface area contributed by atoms with Crippen molar-refractivity contribution >= 4 is 22.9 Å². The predicted molar refractivity (Wildman–Crippen MR) is 247 cm³/mol. The molecule has 4 nitrogen and oxygen atoms in total. The normalized spacial score (nSPS) is 14.7. The van der Waals surface area contributed by atoms with Crippen molar-refractivity contribution in [1.82, 2.24) is 15.0 Å². The summed E-state index contributed by atoms with van der Waals surface area (Å²) in [5, 5.41) is 0. The van der Waals surface area contributed by atoms with E-state index in [9.17, 15) is 0 Å². The molecular formula is C55H44N4. The minimum Gasteiger partial charge on any atom is -0.268 e. The largest absolute Gasteiger partial charge is 0.268 e. The first-order valence-corrected chi connectivity index (χ1v) is 19.9. The molecule has 1 aromatic heterocycles. The van der Waals surface area contributed by atoms with Crippen LogP contribution in [0, 0.1) is 24.7 Å². The Morgan fingerprint density at radius 3 is 2.08 bits per heavy atom. The molecule has 8 rings (SSSR count). The average molecular weight is 761 g/mol. The number of aliphatic imine (C=N–C) groups is 1. The SMILES string of the molecule is C#CC1=C(/C(=C\C)c2ccc(C(=C/C=C\C)/C(C#C)=C/N=CC)cc2)Cc2cccc(-c3nc(-c4ccccc4)nc(-c4ccc5c(c4)C(C)(C)c4ccccc4-5)n3)c21. The fraction of sp³-hybridized carbons (Fsp3) is 0.127. The fourth-order valence-electron chi connectivity index (χ4n) is 8.45. The summed E-state index contributed by atoms with van der Waals surface area (Å²) < 4.78 is 0. The Kier molecular flexibility index (Phi) is 10.6. The minimum absolute atomic E-state index is 0.162. The molecule has 0 fully saturated rings. The lowest BCUT2D eigenvalue weighted by atomic mass is 9.82. The molecule has 2 aliphatic carbocycles. The molecule has 6 aromatic rings. The van der Waals surface area contributed by atoms with E-state index in [0.29, 0.717) is 29.5 Å². The Morgan fingerprint density at radius 2 is 1.37 bits per heavy atom. The third-order valence-corrected chi connectivity index (χ3v) is 11.3. The lowest BCUT2D eigenvalue weighted by Crippen LogP contribution is -2.15. The molecule has 2 aliphatic rings. The second-order valence-electron chi connectivity index (χ2n) is 15.1. The van der Waals surface area contributed by atoms with E-state index >= 15 is 0 Å². The van der Waals surface area contributed by atoms with Crippen LogP contribution in [0.25, 0.3) is 62.0 Å².